The summed E-state index contributed by atoms with van der Waals surface area (Å²) in [4.78, 5) is 12.2. The van der Waals surface area contributed by atoms with Crippen molar-refractivity contribution in [3.8, 4) is 0 Å². The fraction of sp³-hybridized carbons (Fsp3) is 0.286. The normalized spacial score (nSPS) is 12.2. The van der Waals surface area contributed by atoms with Gasteiger partial charge in [-0.25, -0.2) is 0 Å². The van der Waals surface area contributed by atoms with E-state index in [0.717, 1.165) is 15.7 Å². The molecule has 2 aromatic rings. The number of amides is 1. The highest BCUT2D eigenvalue weighted by atomic mass is 79.9. The van der Waals surface area contributed by atoms with Crippen molar-refractivity contribution in [2.24, 2.45) is 0 Å². The largest absolute Gasteiger partial charge is 0.395 e. The number of nitrogens with one attached hydrogen (secondary N) is 2. The molecule has 1 atom stereocenters. The Labute approximate surface area is 126 Å². The van der Waals surface area contributed by atoms with Gasteiger partial charge in [-0.3, -0.25) is 9.89 Å². The maximum absolute atomic E-state index is 12.2. The quantitative estimate of drug-likeness (QED) is 0.802. The lowest BCUT2D eigenvalue weighted by molar-refractivity contribution is 0.0935. The Hall–Kier alpha value is -1.82. The number of hydrogen-bond donors (Lipinski definition) is 3. The van der Waals surface area contributed by atoms with Crippen molar-refractivity contribution >= 4 is 27.5 Å². The van der Waals surface area contributed by atoms with E-state index < -0.39 is 0 Å². The Morgan fingerprint density at radius 3 is 2.65 bits per heavy atom. The predicted octanol–water partition coefficient (Wildman–Crippen LogP) is 2.81. The summed E-state index contributed by atoms with van der Waals surface area (Å²) in [6, 6.07) is 7.68. The van der Waals surface area contributed by atoms with Crippen LogP contribution < -0.4 is 11.1 Å². The summed E-state index contributed by atoms with van der Waals surface area (Å²) < 4.78 is 1.00. The van der Waals surface area contributed by atoms with Crippen molar-refractivity contribution in [1.82, 2.24) is 15.5 Å². The molecule has 0 bridgehead atoms. The molecule has 0 spiro atoms. The maximum atomic E-state index is 12.2. The standard InChI is InChI=1S/C14H17BrN4O/c1-3-11-12(16)13(19-18-11)14(20)17-8(2)9-4-6-10(15)7-5-9/h4-8H,3,16H2,1-2H3,(H,17,20)(H,18,19)/t8-/m1/s1. The van der Waals surface area contributed by atoms with Crippen LogP contribution in [0.3, 0.4) is 0 Å². The first kappa shape index (κ1) is 14.6. The zero-order valence-electron chi connectivity index (χ0n) is 11.4. The molecule has 0 radical (unpaired) electrons. The summed E-state index contributed by atoms with van der Waals surface area (Å²) >= 11 is 3.38. The second-order valence-corrected chi connectivity index (χ2v) is 5.48. The summed E-state index contributed by atoms with van der Waals surface area (Å²) in [6.45, 7) is 3.88. The lowest BCUT2D eigenvalue weighted by Gasteiger charge is -2.13. The van der Waals surface area contributed by atoms with Gasteiger partial charge in [0.05, 0.1) is 17.4 Å². The van der Waals surface area contributed by atoms with Crippen molar-refractivity contribution in [2.45, 2.75) is 26.3 Å². The number of benzene rings is 1. The molecule has 0 saturated carbocycles. The van der Waals surface area contributed by atoms with Gasteiger partial charge in [0.2, 0.25) is 0 Å². The highest BCUT2D eigenvalue weighted by molar-refractivity contribution is 9.10. The molecule has 1 aromatic heterocycles. The van der Waals surface area contributed by atoms with Crippen LogP contribution >= 0.6 is 15.9 Å². The van der Waals surface area contributed by atoms with Crippen molar-refractivity contribution in [2.75, 3.05) is 5.73 Å². The lowest BCUT2D eigenvalue weighted by atomic mass is 10.1. The number of hydrogen-bond acceptors (Lipinski definition) is 3. The van der Waals surface area contributed by atoms with E-state index in [4.69, 9.17) is 5.73 Å². The van der Waals surface area contributed by atoms with Crippen molar-refractivity contribution in [1.29, 1.82) is 0 Å². The average Bonchev–Trinajstić information content (AvgIpc) is 2.80. The Morgan fingerprint density at radius 1 is 1.45 bits per heavy atom. The van der Waals surface area contributed by atoms with Gasteiger partial charge >= 0.3 is 0 Å². The SMILES string of the molecule is CCc1[nH]nc(C(=O)N[C@H](C)c2ccc(Br)cc2)c1N. The monoisotopic (exact) mass is 336 g/mol. The Kier molecular flexibility index (Phi) is 4.44. The third kappa shape index (κ3) is 3.01. The Balaban J connectivity index is 2.10. The zero-order valence-corrected chi connectivity index (χ0v) is 13.0. The van der Waals surface area contributed by atoms with E-state index in [9.17, 15) is 4.79 Å². The molecule has 6 heteroatoms. The molecule has 0 aliphatic rings. The molecule has 1 heterocycles. The second kappa shape index (κ2) is 6.09. The van der Waals surface area contributed by atoms with Gasteiger partial charge in [0, 0.05) is 4.47 Å². The number of nitrogens with two attached hydrogens (primary N) is 1. The minimum absolute atomic E-state index is 0.114. The average molecular weight is 337 g/mol. The van der Waals surface area contributed by atoms with Crippen LogP contribution in [0.2, 0.25) is 0 Å². The number of aromatic amines is 1. The highest BCUT2D eigenvalue weighted by Gasteiger charge is 2.18. The van der Waals surface area contributed by atoms with Crippen LogP contribution in [0.25, 0.3) is 0 Å². The van der Waals surface area contributed by atoms with E-state index >= 15 is 0 Å². The fourth-order valence-electron chi connectivity index (χ4n) is 1.93. The molecule has 1 amide bonds. The smallest absolute Gasteiger partial charge is 0.274 e. The number of carbonyl (C=O) groups excluding carboxylic acids is 1. The van der Waals surface area contributed by atoms with E-state index in [1.807, 2.05) is 38.1 Å². The molecule has 5 nitrogen and oxygen atoms in total. The van der Waals surface area contributed by atoms with E-state index in [-0.39, 0.29) is 17.6 Å². The van der Waals surface area contributed by atoms with E-state index in [0.29, 0.717) is 12.1 Å². The second-order valence-electron chi connectivity index (χ2n) is 4.56. The number of nitrogen functional groups attached to an aromatic ring is 1. The van der Waals surface area contributed by atoms with Crippen LogP contribution in [0.1, 0.15) is 41.6 Å². The van der Waals surface area contributed by atoms with Crippen LogP contribution in [0.4, 0.5) is 5.69 Å². The van der Waals surface area contributed by atoms with Crippen molar-refractivity contribution in [3.05, 3.63) is 45.7 Å². The molecule has 4 N–H and O–H groups in total. The molecule has 0 aliphatic carbocycles. The molecule has 0 fully saturated rings. The number of carbonyl (C=O) groups is 1. The fourth-order valence-corrected chi connectivity index (χ4v) is 2.19. The van der Waals surface area contributed by atoms with Crippen LogP contribution in [-0.4, -0.2) is 16.1 Å². The topological polar surface area (TPSA) is 83.8 Å². The number of anilines is 1. The van der Waals surface area contributed by atoms with Crippen molar-refractivity contribution in [3.63, 3.8) is 0 Å². The minimum Gasteiger partial charge on any atom is -0.395 e. The van der Waals surface area contributed by atoms with Crippen LogP contribution in [0, 0.1) is 0 Å². The number of rotatable bonds is 4. The molecule has 0 aliphatic heterocycles. The van der Waals surface area contributed by atoms with E-state index in [2.05, 4.69) is 31.4 Å². The molecule has 20 heavy (non-hydrogen) atoms. The number of aromatic nitrogens is 2. The van der Waals surface area contributed by atoms with Gasteiger partial charge in [0.15, 0.2) is 5.69 Å². The van der Waals surface area contributed by atoms with E-state index in [1.165, 1.54) is 0 Å². The maximum Gasteiger partial charge on any atom is 0.274 e. The molecular formula is C14H17BrN4O. The summed E-state index contributed by atoms with van der Waals surface area (Å²) in [7, 11) is 0. The Bertz CT molecular complexity index is 606. The highest BCUT2D eigenvalue weighted by Crippen LogP contribution is 2.19. The lowest BCUT2D eigenvalue weighted by Crippen LogP contribution is -2.27. The number of aryl methyl sites for hydroxylation is 1. The summed E-state index contributed by atoms with van der Waals surface area (Å²) in [5, 5.41) is 9.65. The minimum atomic E-state index is -0.270. The number of nitrogens with zero attached hydrogens (tertiary/aromatic N) is 1. The summed E-state index contributed by atoms with van der Waals surface area (Å²) in [5.74, 6) is -0.270. The summed E-state index contributed by atoms with van der Waals surface area (Å²) in [5.41, 5.74) is 8.37. The van der Waals surface area contributed by atoms with Gasteiger partial charge < -0.3 is 11.1 Å². The van der Waals surface area contributed by atoms with E-state index in [1.54, 1.807) is 0 Å². The van der Waals surface area contributed by atoms with Gasteiger partial charge in [0.25, 0.3) is 5.91 Å². The molecule has 1 aromatic carbocycles. The first-order valence-corrected chi connectivity index (χ1v) is 7.21. The van der Waals surface area contributed by atoms with Crippen LogP contribution in [0.15, 0.2) is 28.7 Å². The van der Waals surface area contributed by atoms with Gasteiger partial charge in [0.1, 0.15) is 0 Å². The zero-order chi connectivity index (χ0) is 14.7. The third-order valence-corrected chi connectivity index (χ3v) is 3.70. The Morgan fingerprint density at radius 2 is 2.10 bits per heavy atom. The summed E-state index contributed by atoms with van der Waals surface area (Å²) in [6.07, 6.45) is 0.717. The van der Waals surface area contributed by atoms with Gasteiger partial charge in [-0.05, 0) is 31.0 Å². The third-order valence-electron chi connectivity index (χ3n) is 3.17. The van der Waals surface area contributed by atoms with Crippen LogP contribution in [-0.2, 0) is 6.42 Å². The molecular weight excluding hydrogens is 320 g/mol. The molecule has 2 rings (SSSR count). The molecule has 0 unspecified atom stereocenters. The van der Waals surface area contributed by atoms with Gasteiger partial charge in [-0.1, -0.05) is 35.0 Å². The first-order chi connectivity index (χ1) is 9.52. The number of H-pyrrole nitrogens is 1. The van der Waals surface area contributed by atoms with Crippen LogP contribution in [0.5, 0.6) is 0 Å². The predicted molar refractivity (Wildman–Crippen MR) is 82.4 cm³/mol. The number of halogens is 1. The molecule has 0 saturated heterocycles. The van der Waals surface area contributed by atoms with Crippen molar-refractivity contribution < 1.29 is 4.79 Å². The van der Waals surface area contributed by atoms with Gasteiger partial charge in [-0.2, -0.15) is 5.10 Å². The molecule has 106 valence electrons. The first-order valence-electron chi connectivity index (χ1n) is 6.42. The van der Waals surface area contributed by atoms with Gasteiger partial charge in [-0.15, -0.1) is 0 Å².